The fourth-order valence-corrected chi connectivity index (χ4v) is 2.65. The number of aryl methyl sites for hydroxylation is 1. The summed E-state index contributed by atoms with van der Waals surface area (Å²) in [6.45, 7) is 0. The molecule has 3 nitrogen and oxygen atoms in total. The Balaban J connectivity index is 2.18. The predicted octanol–water partition coefficient (Wildman–Crippen LogP) is 3.58. The van der Waals surface area contributed by atoms with Gasteiger partial charge in [-0.1, -0.05) is 6.07 Å². The smallest absolute Gasteiger partial charge is 0.170 e. The van der Waals surface area contributed by atoms with Gasteiger partial charge in [0.05, 0.1) is 14.2 Å². The van der Waals surface area contributed by atoms with Crippen LogP contribution in [0.25, 0.3) is 0 Å². The Bertz CT molecular complexity index is 524. The summed E-state index contributed by atoms with van der Waals surface area (Å²) in [7, 11) is 3.12. The topological polar surface area (TPSA) is 35.5 Å². The second-order valence-corrected chi connectivity index (χ2v) is 4.87. The number of hydrogen-bond acceptors (Lipinski definition) is 4. The van der Waals surface area contributed by atoms with Gasteiger partial charge in [-0.25, -0.2) is 0 Å². The molecule has 0 radical (unpaired) electrons. The van der Waals surface area contributed by atoms with E-state index in [4.69, 9.17) is 9.47 Å². The molecule has 0 N–H and O–H groups in total. The molecule has 1 heterocycles. The van der Waals surface area contributed by atoms with Crippen LogP contribution in [0.2, 0.25) is 0 Å². The minimum Gasteiger partial charge on any atom is -0.496 e. The first-order valence-electron chi connectivity index (χ1n) is 6.01. The molecular formula is C15H16O3S. The summed E-state index contributed by atoms with van der Waals surface area (Å²) in [6.07, 6.45) is 1.19. The number of benzene rings is 1. The molecule has 0 saturated carbocycles. The minimum atomic E-state index is 0.0421. The van der Waals surface area contributed by atoms with Crippen molar-refractivity contribution in [3.8, 4) is 11.5 Å². The van der Waals surface area contributed by atoms with Crippen LogP contribution < -0.4 is 9.47 Å². The highest BCUT2D eigenvalue weighted by atomic mass is 32.1. The monoisotopic (exact) mass is 276 g/mol. The molecule has 1 aromatic heterocycles. The third-order valence-corrected chi connectivity index (χ3v) is 3.66. The van der Waals surface area contributed by atoms with E-state index in [0.29, 0.717) is 23.5 Å². The molecule has 0 saturated heterocycles. The molecule has 19 heavy (non-hydrogen) atoms. The van der Waals surface area contributed by atoms with Crippen LogP contribution in [0.3, 0.4) is 0 Å². The second-order valence-electron chi connectivity index (χ2n) is 4.09. The van der Waals surface area contributed by atoms with Gasteiger partial charge in [-0.2, -0.15) is 11.3 Å². The molecule has 0 aliphatic heterocycles. The highest BCUT2D eigenvalue weighted by molar-refractivity contribution is 7.07. The summed E-state index contributed by atoms with van der Waals surface area (Å²) in [5.41, 5.74) is 1.72. The molecule has 0 fully saturated rings. The Morgan fingerprint density at radius 1 is 1.16 bits per heavy atom. The van der Waals surface area contributed by atoms with Crippen molar-refractivity contribution in [2.75, 3.05) is 14.2 Å². The molecule has 1 aromatic carbocycles. The average molecular weight is 276 g/mol. The molecule has 0 atom stereocenters. The number of ketones is 1. The summed E-state index contributed by atoms with van der Waals surface area (Å²) >= 11 is 1.64. The van der Waals surface area contributed by atoms with Gasteiger partial charge in [0.25, 0.3) is 0 Å². The van der Waals surface area contributed by atoms with E-state index in [-0.39, 0.29) is 5.78 Å². The lowest BCUT2D eigenvalue weighted by Crippen LogP contribution is -2.06. The van der Waals surface area contributed by atoms with E-state index < -0.39 is 0 Å². The summed E-state index contributed by atoms with van der Waals surface area (Å²) < 4.78 is 10.5. The molecule has 0 amide bonds. The van der Waals surface area contributed by atoms with E-state index in [1.54, 1.807) is 37.7 Å². The molecule has 100 valence electrons. The van der Waals surface area contributed by atoms with Crippen molar-refractivity contribution in [1.29, 1.82) is 0 Å². The van der Waals surface area contributed by atoms with E-state index in [1.807, 2.05) is 17.5 Å². The van der Waals surface area contributed by atoms with Crippen LogP contribution in [0, 0.1) is 0 Å². The van der Waals surface area contributed by atoms with Crippen LogP contribution in [0.4, 0.5) is 0 Å². The minimum absolute atomic E-state index is 0.0421. The summed E-state index contributed by atoms with van der Waals surface area (Å²) in [6, 6.07) is 7.41. The lowest BCUT2D eigenvalue weighted by Gasteiger charge is -2.11. The van der Waals surface area contributed by atoms with Gasteiger partial charge in [0, 0.05) is 6.42 Å². The van der Waals surface area contributed by atoms with Gasteiger partial charge in [-0.3, -0.25) is 4.79 Å². The summed E-state index contributed by atoms with van der Waals surface area (Å²) in [5, 5.41) is 4.08. The fourth-order valence-electron chi connectivity index (χ4n) is 1.94. The number of carbonyl (C=O) groups excluding carboxylic acids is 1. The Morgan fingerprint density at radius 3 is 2.37 bits per heavy atom. The maximum Gasteiger partial charge on any atom is 0.170 e. The number of ether oxygens (including phenoxy) is 2. The van der Waals surface area contributed by atoms with E-state index in [9.17, 15) is 4.79 Å². The first-order chi connectivity index (χ1) is 9.26. The molecule has 0 bridgehead atoms. The van der Waals surface area contributed by atoms with Gasteiger partial charge in [-0.05, 0) is 40.9 Å². The van der Waals surface area contributed by atoms with Crippen LogP contribution in [0.15, 0.2) is 35.0 Å². The van der Waals surface area contributed by atoms with Crippen LogP contribution in [-0.4, -0.2) is 20.0 Å². The fraction of sp³-hybridized carbons (Fsp3) is 0.267. The number of thiophene rings is 1. The van der Waals surface area contributed by atoms with Gasteiger partial charge in [-0.15, -0.1) is 0 Å². The zero-order valence-corrected chi connectivity index (χ0v) is 11.8. The van der Waals surface area contributed by atoms with Crippen molar-refractivity contribution < 1.29 is 14.3 Å². The van der Waals surface area contributed by atoms with Gasteiger partial charge in [0.2, 0.25) is 0 Å². The van der Waals surface area contributed by atoms with Gasteiger partial charge in [0.1, 0.15) is 17.1 Å². The number of hydrogen-bond donors (Lipinski definition) is 0. The Labute approximate surface area is 116 Å². The zero-order valence-electron chi connectivity index (χ0n) is 11.0. The normalized spacial score (nSPS) is 10.2. The van der Waals surface area contributed by atoms with Gasteiger partial charge in [0.15, 0.2) is 5.78 Å². The molecule has 0 spiro atoms. The average Bonchev–Trinajstić information content (AvgIpc) is 2.97. The van der Waals surface area contributed by atoms with Crippen LogP contribution in [0.5, 0.6) is 11.5 Å². The molecule has 0 aliphatic rings. The molecule has 2 rings (SSSR count). The van der Waals surface area contributed by atoms with E-state index >= 15 is 0 Å². The number of Topliss-reactive ketones (excluding diaryl/α,β-unsaturated/α-hetero) is 1. The van der Waals surface area contributed by atoms with Crippen LogP contribution in [-0.2, 0) is 6.42 Å². The van der Waals surface area contributed by atoms with Crippen molar-refractivity contribution in [3.05, 3.63) is 46.2 Å². The van der Waals surface area contributed by atoms with E-state index in [1.165, 1.54) is 5.56 Å². The maximum atomic E-state index is 12.3. The van der Waals surface area contributed by atoms with Crippen molar-refractivity contribution in [2.45, 2.75) is 12.8 Å². The quantitative estimate of drug-likeness (QED) is 0.756. The Hall–Kier alpha value is -1.81. The summed E-state index contributed by atoms with van der Waals surface area (Å²) in [4.78, 5) is 12.3. The highest BCUT2D eigenvalue weighted by Gasteiger charge is 2.17. The molecule has 4 heteroatoms. The first kappa shape index (κ1) is 13.6. The molecule has 0 aliphatic carbocycles. The lowest BCUT2D eigenvalue weighted by atomic mass is 10.0. The number of rotatable bonds is 6. The van der Waals surface area contributed by atoms with Crippen molar-refractivity contribution >= 4 is 17.1 Å². The molecule has 0 unspecified atom stereocenters. The summed E-state index contributed by atoms with van der Waals surface area (Å²) in [5.74, 6) is 1.17. The lowest BCUT2D eigenvalue weighted by molar-refractivity contribution is 0.0977. The van der Waals surface area contributed by atoms with Crippen LogP contribution >= 0.6 is 11.3 Å². The van der Waals surface area contributed by atoms with E-state index in [2.05, 4.69) is 5.38 Å². The Kier molecular flexibility index (Phi) is 4.58. The highest BCUT2D eigenvalue weighted by Crippen LogP contribution is 2.29. The predicted molar refractivity (Wildman–Crippen MR) is 76.5 cm³/mol. The zero-order chi connectivity index (χ0) is 13.7. The van der Waals surface area contributed by atoms with Crippen molar-refractivity contribution in [3.63, 3.8) is 0 Å². The van der Waals surface area contributed by atoms with Gasteiger partial charge < -0.3 is 9.47 Å². The first-order valence-corrected chi connectivity index (χ1v) is 6.95. The van der Waals surface area contributed by atoms with Gasteiger partial charge >= 0.3 is 0 Å². The maximum absolute atomic E-state index is 12.3. The van der Waals surface area contributed by atoms with E-state index in [0.717, 1.165) is 6.42 Å². The van der Waals surface area contributed by atoms with Crippen molar-refractivity contribution in [2.24, 2.45) is 0 Å². The van der Waals surface area contributed by atoms with Crippen molar-refractivity contribution in [1.82, 2.24) is 0 Å². The number of methoxy groups -OCH3 is 2. The third kappa shape index (κ3) is 3.15. The number of carbonyl (C=O) groups is 1. The Morgan fingerprint density at radius 2 is 1.84 bits per heavy atom. The largest absolute Gasteiger partial charge is 0.496 e. The second kappa shape index (κ2) is 6.38. The SMILES string of the molecule is COc1cccc(OC)c1C(=O)CCc1ccsc1. The standard InChI is InChI=1S/C15H16O3S/c1-17-13-4-3-5-14(18-2)15(13)12(16)7-6-11-8-9-19-10-11/h3-5,8-10H,6-7H2,1-2H3. The third-order valence-electron chi connectivity index (χ3n) is 2.93. The van der Waals surface area contributed by atoms with Crippen LogP contribution in [0.1, 0.15) is 22.3 Å². The molecular weight excluding hydrogens is 260 g/mol. The molecule has 2 aromatic rings.